The molecule has 0 saturated carbocycles. The predicted octanol–water partition coefficient (Wildman–Crippen LogP) is 3.57. The Balaban J connectivity index is 1.66. The highest BCUT2D eigenvalue weighted by atomic mass is 15.2. The Morgan fingerprint density at radius 2 is 1.92 bits per heavy atom. The fourth-order valence-electron chi connectivity index (χ4n) is 2.80. The fourth-order valence-corrected chi connectivity index (χ4v) is 2.80. The predicted molar refractivity (Wildman–Crippen MR) is 99.6 cm³/mol. The van der Waals surface area contributed by atoms with Crippen LogP contribution in [0.25, 0.3) is 16.9 Å². The van der Waals surface area contributed by atoms with E-state index in [0.717, 1.165) is 11.0 Å². The van der Waals surface area contributed by atoms with Gasteiger partial charge in [-0.25, -0.2) is 9.97 Å². The molecule has 2 aromatic carbocycles. The van der Waals surface area contributed by atoms with Crippen molar-refractivity contribution in [2.75, 3.05) is 11.1 Å². The summed E-state index contributed by atoms with van der Waals surface area (Å²) in [6.45, 7) is 2.09. The Morgan fingerprint density at radius 3 is 2.76 bits per heavy atom. The number of rotatable bonds is 4. The maximum atomic E-state index is 5.90. The maximum Gasteiger partial charge on any atom is 0.159 e. The lowest BCUT2D eigenvalue weighted by Crippen LogP contribution is -2.09. The Labute approximate surface area is 145 Å². The normalized spacial score (nSPS) is 12.2. The van der Waals surface area contributed by atoms with Gasteiger partial charge in [0, 0.05) is 11.7 Å². The van der Waals surface area contributed by atoms with Crippen molar-refractivity contribution in [3.8, 4) is 5.82 Å². The summed E-state index contributed by atoms with van der Waals surface area (Å²) in [5.74, 6) is 1.40. The summed E-state index contributed by atoms with van der Waals surface area (Å²) in [4.78, 5) is 13.4. The SMILES string of the molecule is C[C@H](Nc1cncc(-n2cnc3ccc(N)cc32)n1)c1ccccc1. The molecule has 4 rings (SSSR count). The van der Waals surface area contributed by atoms with Crippen molar-refractivity contribution in [2.45, 2.75) is 13.0 Å². The van der Waals surface area contributed by atoms with E-state index in [4.69, 9.17) is 5.73 Å². The van der Waals surface area contributed by atoms with Crippen LogP contribution in [0.3, 0.4) is 0 Å². The van der Waals surface area contributed by atoms with Gasteiger partial charge in [-0.15, -0.1) is 0 Å². The van der Waals surface area contributed by atoms with Gasteiger partial charge in [0.25, 0.3) is 0 Å². The van der Waals surface area contributed by atoms with E-state index in [1.54, 1.807) is 18.7 Å². The van der Waals surface area contributed by atoms with E-state index in [2.05, 4.69) is 39.3 Å². The molecule has 0 unspecified atom stereocenters. The quantitative estimate of drug-likeness (QED) is 0.559. The molecular weight excluding hydrogens is 312 g/mol. The van der Waals surface area contributed by atoms with Crippen molar-refractivity contribution in [3.05, 3.63) is 72.8 Å². The van der Waals surface area contributed by atoms with E-state index in [-0.39, 0.29) is 6.04 Å². The Kier molecular flexibility index (Phi) is 3.78. The molecule has 0 amide bonds. The lowest BCUT2D eigenvalue weighted by Gasteiger charge is -2.15. The van der Waals surface area contributed by atoms with Crippen LogP contribution in [0.2, 0.25) is 0 Å². The number of hydrogen-bond acceptors (Lipinski definition) is 5. The minimum atomic E-state index is 0.126. The fraction of sp³-hybridized carbons (Fsp3) is 0.105. The van der Waals surface area contributed by atoms with Crippen molar-refractivity contribution in [2.24, 2.45) is 0 Å². The van der Waals surface area contributed by atoms with Crippen LogP contribution >= 0.6 is 0 Å². The van der Waals surface area contributed by atoms with E-state index in [9.17, 15) is 0 Å². The van der Waals surface area contributed by atoms with Gasteiger partial charge in [0.2, 0.25) is 0 Å². The third-order valence-corrected chi connectivity index (χ3v) is 4.10. The maximum absolute atomic E-state index is 5.90. The van der Waals surface area contributed by atoms with Crippen molar-refractivity contribution in [3.63, 3.8) is 0 Å². The summed E-state index contributed by atoms with van der Waals surface area (Å²) in [7, 11) is 0. The van der Waals surface area contributed by atoms with Crippen LogP contribution < -0.4 is 11.1 Å². The van der Waals surface area contributed by atoms with Gasteiger partial charge in [0.15, 0.2) is 5.82 Å². The van der Waals surface area contributed by atoms with Crippen molar-refractivity contribution in [1.29, 1.82) is 0 Å². The molecule has 0 saturated heterocycles. The average Bonchev–Trinajstić information content (AvgIpc) is 3.05. The van der Waals surface area contributed by atoms with E-state index in [0.29, 0.717) is 17.3 Å². The van der Waals surface area contributed by atoms with Crippen molar-refractivity contribution < 1.29 is 0 Å². The molecule has 3 N–H and O–H groups in total. The molecule has 0 radical (unpaired) electrons. The van der Waals surface area contributed by atoms with Gasteiger partial charge >= 0.3 is 0 Å². The number of nitrogens with one attached hydrogen (secondary N) is 1. The largest absolute Gasteiger partial charge is 0.399 e. The standard InChI is InChI=1S/C19H18N6/c1-13(14-5-3-2-4-6-14)23-18-10-21-11-19(24-18)25-12-22-16-8-7-15(20)9-17(16)25/h2-13H,20H2,1H3,(H,23,24)/t13-/m0/s1. The number of benzene rings is 2. The number of nitrogen functional groups attached to an aromatic ring is 1. The van der Waals surface area contributed by atoms with Gasteiger partial charge in [0.05, 0.1) is 23.4 Å². The lowest BCUT2D eigenvalue weighted by molar-refractivity contribution is 0.865. The van der Waals surface area contributed by atoms with E-state index >= 15 is 0 Å². The molecule has 0 fully saturated rings. The second kappa shape index (κ2) is 6.24. The number of aromatic nitrogens is 4. The van der Waals surface area contributed by atoms with E-state index in [1.165, 1.54) is 5.56 Å². The van der Waals surface area contributed by atoms with Crippen LogP contribution in [0.4, 0.5) is 11.5 Å². The minimum absolute atomic E-state index is 0.126. The van der Waals surface area contributed by atoms with Crippen LogP contribution in [-0.2, 0) is 0 Å². The molecule has 2 heterocycles. The van der Waals surface area contributed by atoms with Crippen LogP contribution in [0.1, 0.15) is 18.5 Å². The zero-order valence-corrected chi connectivity index (χ0v) is 13.8. The first-order valence-corrected chi connectivity index (χ1v) is 8.07. The van der Waals surface area contributed by atoms with Crippen molar-refractivity contribution >= 4 is 22.5 Å². The van der Waals surface area contributed by atoms with Gasteiger partial charge < -0.3 is 11.1 Å². The van der Waals surface area contributed by atoms with Gasteiger partial charge in [-0.05, 0) is 30.7 Å². The second-order valence-corrected chi connectivity index (χ2v) is 5.90. The third kappa shape index (κ3) is 3.01. The molecule has 0 aliphatic rings. The van der Waals surface area contributed by atoms with Crippen LogP contribution in [0.5, 0.6) is 0 Å². The first-order chi connectivity index (χ1) is 12.2. The lowest BCUT2D eigenvalue weighted by atomic mass is 10.1. The topological polar surface area (TPSA) is 81.7 Å². The summed E-state index contributed by atoms with van der Waals surface area (Å²) in [5.41, 5.74) is 9.55. The van der Waals surface area contributed by atoms with E-state index in [1.807, 2.05) is 41.0 Å². The molecule has 1 atom stereocenters. The number of nitrogens with two attached hydrogens (primary N) is 1. The smallest absolute Gasteiger partial charge is 0.159 e. The second-order valence-electron chi connectivity index (χ2n) is 5.90. The summed E-state index contributed by atoms with van der Waals surface area (Å²) in [6, 6.07) is 16.0. The highest BCUT2D eigenvalue weighted by Gasteiger charge is 2.09. The van der Waals surface area contributed by atoms with Gasteiger partial charge in [-0.2, -0.15) is 0 Å². The zero-order valence-electron chi connectivity index (χ0n) is 13.8. The van der Waals surface area contributed by atoms with Crippen LogP contribution in [-0.4, -0.2) is 19.5 Å². The number of imidazole rings is 1. The van der Waals surface area contributed by atoms with Crippen LogP contribution in [0.15, 0.2) is 67.3 Å². The number of hydrogen-bond donors (Lipinski definition) is 2. The Bertz CT molecular complexity index is 1010. The number of fused-ring (bicyclic) bond motifs is 1. The number of nitrogens with zero attached hydrogens (tertiary/aromatic N) is 4. The first-order valence-electron chi connectivity index (χ1n) is 8.07. The third-order valence-electron chi connectivity index (χ3n) is 4.10. The molecule has 6 heteroatoms. The monoisotopic (exact) mass is 330 g/mol. The highest BCUT2D eigenvalue weighted by molar-refractivity contribution is 5.80. The molecule has 0 bridgehead atoms. The summed E-state index contributed by atoms with van der Waals surface area (Å²) >= 11 is 0. The minimum Gasteiger partial charge on any atom is -0.399 e. The summed E-state index contributed by atoms with van der Waals surface area (Å²) < 4.78 is 1.89. The zero-order chi connectivity index (χ0) is 17.2. The molecule has 0 aliphatic carbocycles. The molecule has 2 aromatic heterocycles. The highest BCUT2D eigenvalue weighted by Crippen LogP contribution is 2.21. The van der Waals surface area contributed by atoms with E-state index < -0.39 is 0 Å². The average molecular weight is 330 g/mol. The van der Waals surface area contributed by atoms with Gasteiger partial charge in [0.1, 0.15) is 12.1 Å². The van der Waals surface area contributed by atoms with Crippen molar-refractivity contribution in [1.82, 2.24) is 19.5 Å². The molecule has 0 spiro atoms. The molecule has 0 aliphatic heterocycles. The molecule has 25 heavy (non-hydrogen) atoms. The molecular formula is C19H18N6. The molecule has 124 valence electrons. The first kappa shape index (κ1) is 15.1. The Hall–Kier alpha value is -3.41. The number of anilines is 2. The molecule has 6 nitrogen and oxygen atoms in total. The summed E-state index contributed by atoms with van der Waals surface area (Å²) in [5, 5.41) is 3.39. The molecule has 4 aromatic rings. The van der Waals surface area contributed by atoms with Gasteiger partial charge in [-0.3, -0.25) is 9.55 Å². The Morgan fingerprint density at radius 1 is 1.08 bits per heavy atom. The van der Waals surface area contributed by atoms with Gasteiger partial charge in [-0.1, -0.05) is 30.3 Å². The summed E-state index contributed by atoms with van der Waals surface area (Å²) in [6.07, 6.45) is 5.16. The van der Waals surface area contributed by atoms with Crippen LogP contribution in [0, 0.1) is 0 Å².